The molecule has 7 nitrogen and oxygen atoms in total. The number of aromatic nitrogens is 1. The molecule has 8 heteroatoms. The summed E-state index contributed by atoms with van der Waals surface area (Å²) in [6.07, 6.45) is 1.48. The van der Waals surface area contributed by atoms with Crippen LogP contribution in [0.25, 0.3) is 0 Å². The molecule has 0 atom stereocenters. The second kappa shape index (κ2) is 6.82. The van der Waals surface area contributed by atoms with Crippen molar-refractivity contribution < 1.29 is 22.7 Å². The number of pyridine rings is 1. The van der Waals surface area contributed by atoms with Gasteiger partial charge in [0.15, 0.2) is 5.78 Å². The van der Waals surface area contributed by atoms with Crippen LogP contribution < -0.4 is 9.64 Å². The molecule has 0 aliphatic carbocycles. The van der Waals surface area contributed by atoms with Crippen molar-refractivity contribution >= 4 is 27.2 Å². The highest BCUT2D eigenvalue weighted by Crippen LogP contribution is 2.35. The second-order valence-electron chi connectivity index (χ2n) is 6.46. The molecule has 0 N–H and O–H groups in total. The van der Waals surface area contributed by atoms with Gasteiger partial charge in [0.2, 0.25) is 15.7 Å². The van der Waals surface area contributed by atoms with E-state index in [4.69, 9.17) is 4.74 Å². The maximum atomic E-state index is 13.0. The largest absolute Gasteiger partial charge is 0.481 e. The predicted molar refractivity (Wildman–Crippen MR) is 105 cm³/mol. The Morgan fingerprint density at radius 3 is 2.41 bits per heavy atom. The summed E-state index contributed by atoms with van der Waals surface area (Å²) in [6.45, 7) is 0. The van der Waals surface area contributed by atoms with Gasteiger partial charge in [0.1, 0.15) is 0 Å². The third-order valence-corrected chi connectivity index (χ3v) is 6.66. The van der Waals surface area contributed by atoms with Gasteiger partial charge in [-0.1, -0.05) is 12.1 Å². The molecule has 0 saturated heterocycles. The Balaban J connectivity index is 1.75. The van der Waals surface area contributed by atoms with Crippen LogP contribution in [0.15, 0.2) is 70.6 Å². The minimum atomic E-state index is -3.91. The molecule has 0 spiro atoms. The van der Waals surface area contributed by atoms with Gasteiger partial charge in [-0.05, 0) is 36.4 Å². The van der Waals surface area contributed by atoms with Crippen LogP contribution in [0.4, 0.5) is 5.69 Å². The lowest BCUT2D eigenvalue weighted by Crippen LogP contribution is -2.27. The summed E-state index contributed by atoms with van der Waals surface area (Å²) in [4.78, 5) is 30.8. The SMILES string of the molecule is COc1ccc(N(C)C(=O)c2ccc3c(c2)S(=O)(=O)c2ccccc2C3=O)cn1. The van der Waals surface area contributed by atoms with Crippen LogP contribution in [0.3, 0.4) is 0 Å². The van der Waals surface area contributed by atoms with Gasteiger partial charge >= 0.3 is 0 Å². The maximum absolute atomic E-state index is 13.0. The minimum Gasteiger partial charge on any atom is -0.481 e. The van der Waals surface area contributed by atoms with E-state index < -0.39 is 15.7 Å². The number of carbonyl (C=O) groups excluding carboxylic acids is 2. The number of nitrogens with zero attached hydrogens (tertiary/aromatic N) is 2. The number of methoxy groups -OCH3 is 1. The Labute approximate surface area is 167 Å². The lowest BCUT2D eigenvalue weighted by molar-refractivity contribution is 0.0989. The topological polar surface area (TPSA) is 93.6 Å². The first-order valence-corrected chi connectivity index (χ1v) is 10.1. The molecule has 29 heavy (non-hydrogen) atoms. The average Bonchev–Trinajstić information content (AvgIpc) is 2.76. The Kier molecular flexibility index (Phi) is 4.43. The molecule has 2 heterocycles. The number of fused-ring (bicyclic) bond motifs is 2. The predicted octanol–water partition coefficient (Wildman–Crippen LogP) is 2.74. The number of carbonyl (C=O) groups is 2. The van der Waals surface area contributed by atoms with Gasteiger partial charge in [-0.25, -0.2) is 13.4 Å². The summed E-state index contributed by atoms with van der Waals surface area (Å²) >= 11 is 0. The van der Waals surface area contributed by atoms with Crippen LogP contribution in [0.1, 0.15) is 26.3 Å². The summed E-state index contributed by atoms with van der Waals surface area (Å²) in [5, 5.41) is 0. The van der Waals surface area contributed by atoms with Crippen LogP contribution >= 0.6 is 0 Å². The zero-order valence-corrected chi connectivity index (χ0v) is 16.4. The molecular formula is C21H16N2O5S. The van der Waals surface area contributed by atoms with Crippen molar-refractivity contribution in [3.8, 4) is 5.88 Å². The third-order valence-electron chi connectivity index (χ3n) is 4.81. The number of anilines is 1. The quantitative estimate of drug-likeness (QED) is 0.517. The highest BCUT2D eigenvalue weighted by atomic mass is 32.2. The van der Waals surface area contributed by atoms with E-state index in [-0.39, 0.29) is 32.3 Å². The van der Waals surface area contributed by atoms with Crippen molar-refractivity contribution in [2.75, 3.05) is 19.1 Å². The van der Waals surface area contributed by atoms with Crippen molar-refractivity contribution in [2.45, 2.75) is 9.79 Å². The molecule has 1 amide bonds. The number of ether oxygens (including phenoxy) is 1. The molecule has 0 saturated carbocycles. The zero-order chi connectivity index (χ0) is 20.8. The number of ketones is 1. The van der Waals surface area contributed by atoms with Gasteiger partial charge in [-0.3, -0.25) is 9.59 Å². The first-order valence-electron chi connectivity index (χ1n) is 8.65. The highest BCUT2D eigenvalue weighted by Gasteiger charge is 2.35. The van der Waals surface area contributed by atoms with Crippen molar-refractivity contribution in [3.63, 3.8) is 0 Å². The summed E-state index contributed by atoms with van der Waals surface area (Å²) in [5.74, 6) is -0.398. The van der Waals surface area contributed by atoms with E-state index in [1.54, 1.807) is 31.3 Å². The Morgan fingerprint density at radius 1 is 1.00 bits per heavy atom. The molecule has 1 aromatic heterocycles. The van der Waals surface area contributed by atoms with Crippen molar-refractivity contribution in [2.24, 2.45) is 0 Å². The summed E-state index contributed by atoms with van der Waals surface area (Å²) in [5.41, 5.74) is 0.866. The Bertz CT molecular complexity index is 1250. The van der Waals surface area contributed by atoms with E-state index in [9.17, 15) is 18.0 Å². The van der Waals surface area contributed by atoms with E-state index >= 15 is 0 Å². The average molecular weight is 408 g/mol. The van der Waals surface area contributed by atoms with Crippen LogP contribution in [-0.2, 0) is 9.84 Å². The maximum Gasteiger partial charge on any atom is 0.258 e. The number of hydrogen-bond donors (Lipinski definition) is 0. The molecule has 2 aromatic carbocycles. The standard InChI is InChI=1S/C21H16N2O5S/c1-23(14-8-10-19(28-2)22-12-14)21(25)13-7-9-16-18(11-13)29(26,27)17-6-4-3-5-15(17)20(16)24/h3-12H,1-2H3. The van der Waals surface area contributed by atoms with Crippen molar-refractivity contribution in [1.29, 1.82) is 0 Å². The Hall–Kier alpha value is -3.52. The summed E-state index contributed by atoms with van der Waals surface area (Å²) in [7, 11) is -0.864. The molecular weight excluding hydrogens is 392 g/mol. The molecule has 3 aromatic rings. The molecule has 0 unspecified atom stereocenters. The summed E-state index contributed by atoms with van der Waals surface area (Å²) in [6, 6.07) is 13.4. The first-order chi connectivity index (χ1) is 13.8. The molecule has 1 aliphatic rings. The van der Waals surface area contributed by atoms with Crippen molar-refractivity contribution in [3.05, 3.63) is 77.5 Å². The zero-order valence-electron chi connectivity index (χ0n) is 15.6. The number of amides is 1. The van der Waals surface area contributed by atoms with E-state index in [0.29, 0.717) is 11.6 Å². The van der Waals surface area contributed by atoms with Crippen LogP contribution in [0.5, 0.6) is 5.88 Å². The normalized spacial score (nSPS) is 13.9. The van der Waals surface area contributed by atoms with Gasteiger partial charge in [0, 0.05) is 29.8 Å². The number of benzene rings is 2. The van der Waals surface area contributed by atoms with Gasteiger partial charge in [0.25, 0.3) is 5.91 Å². The fraction of sp³-hybridized carbons (Fsp3) is 0.0952. The highest BCUT2D eigenvalue weighted by molar-refractivity contribution is 7.91. The lowest BCUT2D eigenvalue weighted by atomic mass is 10.0. The first kappa shape index (κ1) is 18.8. The molecule has 4 rings (SSSR count). The smallest absolute Gasteiger partial charge is 0.258 e. The van der Waals surface area contributed by atoms with Gasteiger partial charge in [-0.15, -0.1) is 0 Å². The fourth-order valence-electron chi connectivity index (χ4n) is 3.22. The van der Waals surface area contributed by atoms with E-state index in [1.807, 2.05) is 0 Å². The molecule has 0 bridgehead atoms. The molecule has 146 valence electrons. The van der Waals surface area contributed by atoms with Crippen LogP contribution in [0, 0.1) is 0 Å². The molecule has 1 aliphatic heterocycles. The second-order valence-corrected chi connectivity index (χ2v) is 8.35. The number of hydrogen-bond acceptors (Lipinski definition) is 6. The Morgan fingerprint density at radius 2 is 1.72 bits per heavy atom. The number of sulfone groups is 1. The molecule has 0 fully saturated rings. The monoisotopic (exact) mass is 408 g/mol. The van der Waals surface area contributed by atoms with Crippen molar-refractivity contribution in [1.82, 2.24) is 4.98 Å². The summed E-state index contributed by atoms with van der Waals surface area (Å²) < 4.78 is 31.1. The lowest BCUT2D eigenvalue weighted by Gasteiger charge is -2.21. The van der Waals surface area contributed by atoms with Crippen LogP contribution in [-0.4, -0.2) is 39.2 Å². The van der Waals surface area contributed by atoms with E-state index in [1.165, 1.54) is 48.5 Å². The van der Waals surface area contributed by atoms with Crippen LogP contribution in [0.2, 0.25) is 0 Å². The number of rotatable bonds is 3. The van der Waals surface area contributed by atoms with Gasteiger partial charge in [0.05, 0.1) is 28.8 Å². The third kappa shape index (κ3) is 2.98. The van der Waals surface area contributed by atoms with Gasteiger partial charge < -0.3 is 9.64 Å². The fourth-order valence-corrected chi connectivity index (χ4v) is 4.90. The molecule has 0 radical (unpaired) electrons. The van der Waals surface area contributed by atoms with E-state index in [0.717, 1.165) is 0 Å². The van der Waals surface area contributed by atoms with E-state index in [2.05, 4.69) is 4.98 Å². The minimum absolute atomic E-state index is 0.0465. The van der Waals surface area contributed by atoms with Gasteiger partial charge in [-0.2, -0.15) is 0 Å².